The molecule has 5 nitrogen and oxygen atoms in total. The summed E-state index contributed by atoms with van der Waals surface area (Å²) < 4.78 is 8.91. The van der Waals surface area contributed by atoms with Crippen LogP contribution in [0.25, 0.3) is 5.52 Å². The zero-order valence-corrected chi connectivity index (χ0v) is 19.9. The average Bonchev–Trinajstić information content (AvgIpc) is 3.24. The van der Waals surface area contributed by atoms with Crippen molar-refractivity contribution in [2.24, 2.45) is 0 Å². The van der Waals surface area contributed by atoms with Crippen LogP contribution in [0.4, 0.5) is 0 Å². The second-order valence-corrected chi connectivity index (χ2v) is 9.06. The first kappa shape index (κ1) is 23.0. The van der Waals surface area contributed by atoms with Crippen LogP contribution in [-0.4, -0.2) is 26.5 Å². The minimum atomic E-state index is -0.587. The molecule has 1 unspecified atom stereocenters. The molecule has 0 spiro atoms. The van der Waals surface area contributed by atoms with Crippen molar-refractivity contribution < 1.29 is 9.84 Å². The first-order valence-electron chi connectivity index (χ1n) is 11.1. The Morgan fingerprint density at radius 1 is 1.03 bits per heavy atom. The van der Waals surface area contributed by atoms with Crippen LogP contribution < -0.4 is 4.74 Å². The average molecular weight is 521 g/mol. The standard InChI is InChI=1S/C24H32IN3O2/c1-2-3-4-5-6-7-8-9-15-30-24-14-13-21(28-22(24)18-26-27-28)17-23(29)19-11-10-12-20(25)16-19/h10-14,16,18,23,29H,2-9,15,17H2,1H3. The van der Waals surface area contributed by atoms with Gasteiger partial charge >= 0.3 is 0 Å². The number of hydrogen-bond acceptors (Lipinski definition) is 4. The highest BCUT2D eigenvalue weighted by molar-refractivity contribution is 14.1. The number of nitrogens with zero attached hydrogens (tertiary/aromatic N) is 3. The van der Waals surface area contributed by atoms with Gasteiger partial charge in [-0.15, -0.1) is 5.10 Å². The number of rotatable bonds is 13. The van der Waals surface area contributed by atoms with E-state index in [2.05, 4.69) is 39.8 Å². The van der Waals surface area contributed by atoms with E-state index in [9.17, 15) is 5.11 Å². The van der Waals surface area contributed by atoms with Crippen molar-refractivity contribution in [2.75, 3.05) is 6.61 Å². The fraction of sp³-hybridized carbons (Fsp3) is 0.500. The third-order valence-electron chi connectivity index (χ3n) is 5.39. The third kappa shape index (κ3) is 6.67. The monoisotopic (exact) mass is 521 g/mol. The lowest BCUT2D eigenvalue weighted by molar-refractivity contribution is 0.176. The lowest BCUT2D eigenvalue weighted by Crippen LogP contribution is -2.08. The van der Waals surface area contributed by atoms with Crippen LogP contribution in [-0.2, 0) is 6.42 Å². The van der Waals surface area contributed by atoms with Gasteiger partial charge in [-0.05, 0) is 58.8 Å². The van der Waals surface area contributed by atoms with Gasteiger partial charge in [-0.2, -0.15) is 0 Å². The molecule has 162 valence electrons. The molecule has 1 aromatic carbocycles. The number of hydrogen-bond donors (Lipinski definition) is 1. The van der Waals surface area contributed by atoms with Gasteiger partial charge in [0.25, 0.3) is 0 Å². The largest absolute Gasteiger partial charge is 0.491 e. The second kappa shape index (κ2) is 12.2. The zero-order valence-electron chi connectivity index (χ0n) is 17.8. The van der Waals surface area contributed by atoms with E-state index in [1.54, 1.807) is 10.7 Å². The highest BCUT2D eigenvalue weighted by Crippen LogP contribution is 2.25. The molecule has 2 heterocycles. The van der Waals surface area contributed by atoms with Crippen molar-refractivity contribution in [3.05, 3.63) is 57.4 Å². The van der Waals surface area contributed by atoms with Gasteiger partial charge in [0.15, 0.2) is 0 Å². The topological polar surface area (TPSA) is 59.7 Å². The van der Waals surface area contributed by atoms with E-state index in [1.807, 2.05) is 36.4 Å². The quantitative estimate of drug-likeness (QED) is 0.217. The number of halogens is 1. The summed E-state index contributed by atoms with van der Waals surface area (Å²) in [6, 6.07) is 11.9. The molecule has 0 radical (unpaired) electrons. The SMILES string of the molecule is CCCCCCCCCCOc1ccc(CC(O)c2cccc(I)c2)n2nncc12. The molecule has 1 N–H and O–H groups in total. The summed E-state index contributed by atoms with van der Waals surface area (Å²) in [6.45, 7) is 2.96. The maximum atomic E-state index is 10.7. The normalized spacial score (nSPS) is 12.4. The number of aliphatic hydroxyl groups is 1. The van der Waals surface area contributed by atoms with Gasteiger partial charge in [-0.3, -0.25) is 0 Å². The number of pyridine rings is 1. The van der Waals surface area contributed by atoms with Crippen molar-refractivity contribution in [2.45, 2.75) is 70.8 Å². The number of benzene rings is 1. The number of aliphatic hydroxyl groups excluding tert-OH is 1. The van der Waals surface area contributed by atoms with Crippen LogP contribution in [0.15, 0.2) is 42.6 Å². The summed E-state index contributed by atoms with van der Waals surface area (Å²) in [7, 11) is 0. The Morgan fingerprint density at radius 3 is 2.57 bits per heavy atom. The minimum absolute atomic E-state index is 0.471. The molecule has 0 saturated carbocycles. The van der Waals surface area contributed by atoms with Crippen LogP contribution in [0.2, 0.25) is 0 Å². The molecule has 3 rings (SSSR count). The van der Waals surface area contributed by atoms with Crippen molar-refractivity contribution in [3.8, 4) is 5.75 Å². The smallest absolute Gasteiger partial charge is 0.146 e. The maximum Gasteiger partial charge on any atom is 0.146 e. The van der Waals surface area contributed by atoms with Crippen molar-refractivity contribution in [3.63, 3.8) is 0 Å². The van der Waals surface area contributed by atoms with E-state index >= 15 is 0 Å². The Morgan fingerprint density at radius 2 is 1.80 bits per heavy atom. The molecule has 30 heavy (non-hydrogen) atoms. The van der Waals surface area contributed by atoms with E-state index in [0.717, 1.165) is 32.5 Å². The van der Waals surface area contributed by atoms with E-state index in [0.29, 0.717) is 13.0 Å². The zero-order chi connectivity index (χ0) is 21.2. The molecule has 6 heteroatoms. The predicted octanol–water partition coefficient (Wildman–Crippen LogP) is 6.13. The number of aromatic nitrogens is 3. The molecular weight excluding hydrogens is 489 g/mol. The molecule has 0 fully saturated rings. The first-order valence-corrected chi connectivity index (χ1v) is 12.2. The fourth-order valence-corrected chi connectivity index (χ4v) is 4.23. The molecule has 3 aromatic rings. The molecule has 2 aromatic heterocycles. The molecule has 0 aliphatic rings. The van der Waals surface area contributed by atoms with E-state index in [-0.39, 0.29) is 0 Å². The number of unbranched alkanes of at least 4 members (excludes halogenated alkanes) is 7. The fourth-order valence-electron chi connectivity index (χ4n) is 3.67. The van der Waals surface area contributed by atoms with Crippen LogP contribution in [0, 0.1) is 3.57 Å². The Bertz CT molecular complexity index is 912. The third-order valence-corrected chi connectivity index (χ3v) is 6.06. The summed E-state index contributed by atoms with van der Waals surface area (Å²) in [5.41, 5.74) is 2.67. The van der Waals surface area contributed by atoms with Gasteiger partial charge in [0, 0.05) is 15.7 Å². The van der Waals surface area contributed by atoms with Crippen molar-refractivity contribution in [1.29, 1.82) is 0 Å². The van der Waals surface area contributed by atoms with Gasteiger partial charge in [0.2, 0.25) is 0 Å². The Kier molecular flexibility index (Phi) is 9.39. The molecule has 0 aliphatic heterocycles. The molecule has 0 aliphatic carbocycles. The molecular formula is C24H32IN3O2. The van der Waals surface area contributed by atoms with E-state index in [1.165, 1.54) is 44.9 Å². The van der Waals surface area contributed by atoms with Crippen molar-refractivity contribution >= 4 is 28.1 Å². The van der Waals surface area contributed by atoms with Gasteiger partial charge in [-0.1, -0.05) is 69.2 Å². The van der Waals surface area contributed by atoms with Gasteiger partial charge in [-0.25, -0.2) is 4.52 Å². The summed E-state index contributed by atoms with van der Waals surface area (Å²) >= 11 is 2.26. The van der Waals surface area contributed by atoms with Gasteiger partial charge < -0.3 is 9.84 Å². The Balaban J connectivity index is 1.52. The summed E-state index contributed by atoms with van der Waals surface area (Å²) in [5, 5.41) is 18.9. The summed E-state index contributed by atoms with van der Waals surface area (Å²) in [4.78, 5) is 0. The van der Waals surface area contributed by atoms with Crippen LogP contribution in [0.3, 0.4) is 0 Å². The number of fused-ring (bicyclic) bond motifs is 1. The maximum absolute atomic E-state index is 10.7. The Hall–Kier alpha value is -1.67. The van der Waals surface area contributed by atoms with E-state index < -0.39 is 6.10 Å². The second-order valence-electron chi connectivity index (χ2n) is 7.82. The molecule has 1 atom stereocenters. The lowest BCUT2D eigenvalue weighted by Gasteiger charge is -2.14. The number of ether oxygens (including phenoxy) is 1. The summed E-state index contributed by atoms with van der Waals surface area (Å²) in [5.74, 6) is 0.801. The van der Waals surface area contributed by atoms with Crippen molar-refractivity contribution in [1.82, 2.24) is 14.8 Å². The van der Waals surface area contributed by atoms with Crippen LogP contribution >= 0.6 is 22.6 Å². The molecule has 0 amide bonds. The first-order chi connectivity index (χ1) is 14.7. The Labute approximate surface area is 193 Å². The van der Waals surface area contributed by atoms with E-state index in [4.69, 9.17) is 4.74 Å². The minimum Gasteiger partial charge on any atom is -0.491 e. The summed E-state index contributed by atoms with van der Waals surface area (Å²) in [6.07, 6.45) is 11.9. The molecule has 0 saturated heterocycles. The lowest BCUT2D eigenvalue weighted by atomic mass is 10.0. The highest BCUT2D eigenvalue weighted by Gasteiger charge is 2.14. The van der Waals surface area contributed by atoms with Gasteiger partial charge in [0.1, 0.15) is 11.3 Å². The molecule has 0 bridgehead atoms. The van der Waals surface area contributed by atoms with Crippen LogP contribution in [0.1, 0.15) is 75.7 Å². The predicted molar refractivity (Wildman–Crippen MR) is 129 cm³/mol. The van der Waals surface area contributed by atoms with Crippen LogP contribution in [0.5, 0.6) is 5.75 Å². The highest BCUT2D eigenvalue weighted by atomic mass is 127. The van der Waals surface area contributed by atoms with Gasteiger partial charge in [0.05, 0.1) is 18.9 Å².